The summed E-state index contributed by atoms with van der Waals surface area (Å²) in [4.78, 5) is 26.1. The molecule has 2 aromatic rings. The van der Waals surface area contributed by atoms with Crippen molar-refractivity contribution in [1.82, 2.24) is 10.2 Å². The Bertz CT molecular complexity index is 880. The lowest BCUT2D eigenvalue weighted by atomic mass is 9.90. The van der Waals surface area contributed by atoms with Gasteiger partial charge in [-0.1, -0.05) is 24.3 Å². The molecule has 1 aliphatic heterocycles. The third-order valence-corrected chi connectivity index (χ3v) is 5.82. The maximum atomic E-state index is 12.5. The Morgan fingerprint density at radius 1 is 1.06 bits per heavy atom. The number of aryl methyl sites for hydroxylation is 1. The molecule has 0 atom stereocenters. The van der Waals surface area contributed by atoms with Gasteiger partial charge in [0, 0.05) is 31.8 Å². The number of ether oxygens (including phenoxy) is 1. The third kappa shape index (κ3) is 6.71. The molecule has 164 valence electrons. The SMILES string of the molecule is CCOc1ccc(CCC2CCN(C(=O)/C=C/c3ccc(C(=O)NC)cc3)CC2)cc1. The van der Waals surface area contributed by atoms with Gasteiger partial charge in [-0.2, -0.15) is 0 Å². The predicted molar refractivity (Wildman–Crippen MR) is 124 cm³/mol. The topological polar surface area (TPSA) is 58.6 Å². The summed E-state index contributed by atoms with van der Waals surface area (Å²) in [6.45, 7) is 4.31. The van der Waals surface area contributed by atoms with Crippen molar-refractivity contribution in [3.05, 3.63) is 71.3 Å². The molecule has 0 unspecified atom stereocenters. The minimum atomic E-state index is -0.114. The van der Waals surface area contributed by atoms with Crippen LogP contribution < -0.4 is 10.1 Å². The zero-order valence-corrected chi connectivity index (χ0v) is 18.5. The number of hydrogen-bond acceptors (Lipinski definition) is 3. The lowest BCUT2D eigenvalue weighted by molar-refractivity contribution is -0.127. The van der Waals surface area contributed by atoms with E-state index >= 15 is 0 Å². The van der Waals surface area contributed by atoms with Gasteiger partial charge < -0.3 is 15.0 Å². The third-order valence-electron chi connectivity index (χ3n) is 5.82. The molecular weight excluding hydrogens is 388 g/mol. The van der Waals surface area contributed by atoms with Crippen molar-refractivity contribution in [2.45, 2.75) is 32.6 Å². The number of carbonyl (C=O) groups is 2. The lowest BCUT2D eigenvalue weighted by Crippen LogP contribution is -2.37. The van der Waals surface area contributed by atoms with Crippen LogP contribution in [0.25, 0.3) is 6.08 Å². The smallest absolute Gasteiger partial charge is 0.251 e. The van der Waals surface area contributed by atoms with Gasteiger partial charge in [-0.05, 0) is 80.0 Å². The summed E-state index contributed by atoms with van der Waals surface area (Å²) in [6.07, 6.45) is 7.78. The number of rotatable bonds is 8. The van der Waals surface area contributed by atoms with Gasteiger partial charge in [0.05, 0.1) is 6.61 Å². The van der Waals surface area contributed by atoms with Crippen molar-refractivity contribution >= 4 is 17.9 Å². The van der Waals surface area contributed by atoms with Crippen molar-refractivity contribution in [2.75, 3.05) is 26.7 Å². The Morgan fingerprint density at radius 2 is 1.74 bits per heavy atom. The number of benzene rings is 2. The van der Waals surface area contributed by atoms with Crippen LogP contribution in [0.4, 0.5) is 0 Å². The van der Waals surface area contributed by atoms with Crippen LogP contribution >= 0.6 is 0 Å². The van der Waals surface area contributed by atoms with E-state index in [9.17, 15) is 9.59 Å². The quantitative estimate of drug-likeness (QED) is 0.647. The van der Waals surface area contributed by atoms with Crippen LogP contribution in [0.15, 0.2) is 54.6 Å². The van der Waals surface area contributed by atoms with E-state index in [-0.39, 0.29) is 11.8 Å². The minimum Gasteiger partial charge on any atom is -0.494 e. The van der Waals surface area contributed by atoms with E-state index in [4.69, 9.17) is 4.74 Å². The van der Waals surface area contributed by atoms with Crippen LogP contribution in [0.3, 0.4) is 0 Å². The number of likely N-dealkylation sites (tertiary alicyclic amines) is 1. The Hall–Kier alpha value is -3.08. The highest BCUT2D eigenvalue weighted by atomic mass is 16.5. The van der Waals surface area contributed by atoms with Crippen LogP contribution in [0.1, 0.15) is 47.7 Å². The van der Waals surface area contributed by atoms with Gasteiger partial charge in [-0.25, -0.2) is 0 Å². The zero-order valence-electron chi connectivity index (χ0n) is 18.5. The first-order valence-electron chi connectivity index (χ1n) is 11.1. The van der Waals surface area contributed by atoms with E-state index < -0.39 is 0 Å². The van der Waals surface area contributed by atoms with Crippen molar-refractivity contribution in [2.24, 2.45) is 5.92 Å². The number of hydrogen-bond donors (Lipinski definition) is 1. The van der Waals surface area contributed by atoms with Gasteiger partial charge in [-0.15, -0.1) is 0 Å². The molecule has 1 aliphatic rings. The van der Waals surface area contributed by atoms with Crippen LogP contribution in [-0.4, -0.2) is 43.5 Å². The molecule has 1 fully saturated rings. The Labute approximate surface area is 185 Å². The standard InChI is InChI=1S/C26H32N2O3/c1-3-31-24-13-8-20(9-14-24)4-5-22-16-18-28(19-17-22)25(29)15-10-21-6-11-23(12-7-21)26(30)27-2/h6-15,22H,3-5,16-19H2,1-2H3,(H,27,30)/b15-10+. The fourth-order valence-corrected chi connectivity index (χ4v) is 3.89. The summed E-state index contributed by atoms with van der Waals surface area (Å²) in [5.41, 5.74) is 2.86. The van der Waals surface area contributed by atoms with Crippen LogP contribution in [0, 0.1) is 5.92 Å². The van der Waals surface area contributed by atoms with E-state index in [1.54, 1.807) is 25.3 Å². The molecule has 1 saturated heterocycles. The first-order chi connectivity index (χ1) is 15.1. The van der Waals surface area contributed by atoms with E-state index in [2.05, 4.69) is 17.4 Å². The molecule has 2 aromatic carbocycles. The molecule has 3 rings (SSSR count). The molecule has 31 heavy (non-hydrogen) atoms. The lowest BCUT2D eigenvalue weighted by Gasteiger charge is -2.31. The molecule has 1 N–H and O–H groups in total. The van der Waals surface area contributed by atoms with Crippen LogP contribution in [-0.2, 0) is 11.2 Å². The molecule has 5 nitrogen and oxygen atoms in total. The number of carbonyl (C=O) groups excluding carboxylic acids is 2. The fourth-order valence-electron chi connectivity index (χ4n) is 3.89. The summed E-state index contributed by atoms with van der Waals surface area (Å²) in [5.74, 6) is 1.53. The Kier molecular flexibility index (Phi) is 8.27. The van der Waals surface area contributed by atoms with Gasteiger partial charge in [0.15, 0.2) is 0 Å². The van der Waals surface area contributed by atoms with Crippen LogP contribution in [0.2, 0.25) is 0 Å². The molecule has 0 radical (unpaired) electrons. The second-order valence-corrected chi connectivity index (χ2v) is 7.92. The van der Waals surface area contributed by atoms with Crippen molar-refractivity contribution in [3.63, 3.8) is 0 Å². The molecule has 0 aliphatic carbocycles. The Morgan fingerprint density at radius 3 is 2.35 bits per heavy atom. The monoisotopic (exact) mass is 420 g/mol. The molecular formula is C26H32N2O3. The molecule has 2 amide bonds. The minimum absolute atomic E-state index is 0.0559. The first kappa shape index (κ1) is 22.6. The van der Waals surface area contributed by atoms with Gasteiger partial charge in [0.1, 0.15) is 5.75 Å². The molecule has 1 heterocycles. The second kappa shape index (κ2) is 11.3. The van der Waals surface area contributed by atoms with E-state index in [1.807, 2.05) is 42.2 Å². The van der Waals surface area contributed by atoms with E-state index in [0.29, 0.717) is 18.1 Å². The van der Waals surface area contributed by atoms with Gasteiger partial charge in [0.25, 0.3) is 5.91 Å². The molecule has 5 heteroatoms. The maximum Gasteiger partial charge on any atom is 0.251 e. The van der Waals surface area contributed by atoms with Gasteiger partial charge in [0.2, 0.25) is 5.91 Å². The average molecular weight is 421 g/mol. The number of piperidine rings is 1. The van der Waals surface area contributed by atoms with Crippen LogP contribution in [0.5, 0.6) is 5.75 Å². The number of nitrogens with zero attached hydrogens (tertiary/aromatic N) is 1. The predicted octanol–water partition coefficient (Wildman–Crippen LogP) is 4.33. The van der Waals surface area contributed by atoms with Crippen molar-refractivity contribution in [3.8, 4) is 5.75 Å². The normalized spacial score (nSPS) is 14.6. The summed E-state index contributed by atoms with van der Waals surface area (Å²) in [6, 6.07) is 15.6. The summed E-state index contributed by atoms with van der Waals surface area (Å²) in [7, 11) is 1.61. The zero-order chi connectivity index (χ0) is 22.1. The van der Waals surface area contributed by atoms with Gasteiger partial charge in [-0.3, -0.25) is 9.59 Å². The first-order valence-corrected chi connectivity index (χ1v) is 11.1. The highest BCUT2D eigenvalue weighted by Gasteiger charge is 2.21. The molecule has 0 aromatic heterocycles. The van der Waals surface area contributed by atoms with E-state index in [0.717, 1.165) is 50.1 Å². The summed E-state index contributed by atoms with van der Waals surface area (Å²) in [5, 5.41) is 2.60. The van der Waals surface area contributed by atoms with Crippen molar-refractivity contribution < 1.29 is 14.3 Å². The molecule has 0 saturated carbocycles. The molecule has 0 spiro atoms. The van der Waals surface area contributed by atoms with E-state index in [1.165, 1.54) is 5.56 Å². The largest absolute Gasteiger partial charge is 0.494 e. The highest BCUT2D eigenvalue weighted by Crippen LogP contribution is 2.23. The summed E-state index contributed by atoms with van der Waals surface area (Å²) >= 11 is 0. The average Bonchev–Trinajstić information content (AvgIpc) is 2.82. The maximum absolute atomic E-state index is 12.5. The second-order valence-electron chi connectivity index (χ2n) is 7.92. The summed E-state index contributed by atoms with van der Waals surface area (Å²) < 4.78 is 5.50. The molecule has 0 bridgehead atoms. The number of nitrogens with one attached hydrogen (secondary N) is 1. The fraction of sp³-hybridized carbons (Fsp3) is 0.385. The van der Waals surface area contributed by atoms with Gasteiger partial charge >= 0.3 is 0 Å². The Balaban J connectivity index is 1.42. The highest BCUT2D eigenvalue weighted by molar-refractivity contribution is 5.94. The number of amides is 2. The van der Waals surface area contributed by atoms with Crippen molar-refractivity contribution in [1.29, 1.82) is 0 Å².